The van der Waals surface area contributed by atoms with Crippen molar-refractivity contribution in [1.29, 1.82) is 0 Å². The molecule has 0 bridgehead atoms. The first-order chi connectivity index (χ1) is 17.2. The number of carbonyl (C=O) groups is 1. The Hall–Kier alpha value is -3.07. The number of thiophene rings is 1. The predicted octanol–water partition coefficient (Wildman–Crippen LogP) is 4.10. The number of rotatable bonds is 7. The molecule has 3 heterocycles. The minimum Gasteiger partial charge on any atom is -0.394 e. The van der Waals surface area contributed by atoms with Crippen molar-refractivity contribution in [2.75, 3.05) is 44.6 Å². The third-order valence-corrected chi connectivity index (χ3v) is 7.99. The fraction of sp³-hybridized carbons (Fsp3) is 0.370. The van der Waals surface area contributed by atoms with Crippen LogP contribution in [0.25, 0.3) is 15.8 Å². The van der Waals surface area contributed by atoms with Gasteiger partial charge in [-0.25, -0.2) is 9.97 Å². The van der Waals surface area contributed by atoms with Gasteiger partial charge in [-0.15, -0.1) is 11.3 Å². The van der Waals surface area contributed by atoms with Gasteiger partial charge in [0.2, 0.25) is 5.91 Å². The van der Waals surface area contributed by atoms with E-state index in [4.69, 9.17) is 0 Å². The minimum absolute atomic E-state index is 0.0350. The second kappa shape index (κ2) is 10.7. The molecule has 2 aliphatic rings. The highest BCUT2D eigenvalue weighted by atomic mass is 32.1. The number of aromatic nitrogens is 2. The van der Waals surface area contributed by atoms with Crippen LogP contribution in [0.1, 0.15) is 36.2 Å². The van der Waals surface area contributed by atoms with Crippen molar-refractivity contribution in [1.82, 2.24) is 19.8 Å². The SMILES string of the molecule is CCN1CCN(C(=O)C2=CC=C(c3cc4c(NC(CO)c5ccccc5)ncnc4s3)CC2)CC1. The Kier molecular flexibility index (Phi) is 7.22. The largest absolute Gasteiger partial charge is 0.394 e. The van der Waals surface area contributed by atoms with Crippen LogP contribution >= 0.6 is 11.3 Å². The number of nitrogens with one attached hydrogen (secondary N) is 1. The Morgan fingerprint density at radius 1 is 1.11 bits per heavy atom. The van der Waals surface area contributed by atoms with Gasteiger partial charge in [0.25, 0.3) is 0 Å². The van der Waals surface area contributed by atoms with Gasteiger partial charge in [0, 0.05) is 36.6 Å². The summed E-state index contributed by atoms with van der Waals surface area (Å²) in [4.78, 5) is 28.4. The molecule has 7 nitrogen and oxygen atoms in total. The summed E-state index contributed by atoms with van der Waals surface area (Å²) in [6.07, 6.45) is 7.24. The molecule has 35 heavy (non-hydrogen) atoms. The van der Waals surface area contributed by atoms with E-state index in [1.54, 1.807) is 17.7 Å². The summed E-state index contributed by atoms with van der Waals surface area (Å²) in [5.41, 5.74) is 3.12. The number of aliphatic hydroxyl groups excluding tert-OH is 1. The Morgan fingerprint density at radius 2 is 1.91 bits per heavy atom. The zero-order valence-electron chi connectivity index (χ0n) is 20.0. The molecule has 1 aliphatic carbocycles. The fourth-order valence-electron chi connectivity index (χ4n) is 4.70. The summed E-state index contributed by atoms with van der Waals surface area (Å²) >= 11 is 1.64. The lowest BCUT2D eigenvalue weighted by Gasteiger charge is -2.34. The number of likely N-dealkylation sites (N-methyl/N-ethyl adjacent to an activating group) is 1. The highest BCUT2D eigenvalue weighted by molar-refractivity contribution is 7.19. The zero-order valence-corrected chi connectivity index (χ0v) is 20.8. The fourth-order valence-corrected chi connectivity index (χ4v) is 5.76. The number of carbonyl (C=O) groups excluding carboxylic acids is 1. The number of allylic oxidation sites excluding steroid dienone is 3. The summed E-state index contributed by atoms with van der Waals surface area (Å²) in [6, 6.07) is 11.8. The van der Waals surface area contributed by atoms with Crippen LogP contribution in [-0.4, -0.2) is 70.1 Å². The van der Waals surface area contributed by atoms with E-state index in [-0.39, 0.29) is 18.6 Å². The number of nitrogens with zero attached hydrogens (tertiary/aromatic N) is 4. The number of amides is 1. The maximum Gasteiger partial charge on any atom is 0.249 e. The third-order valence-electron chi connectivity index (χ3n) is 6.87. The van der Waals surface area contributed by atoms with Gasteiger partial charge in [0.15, 0.2) is 0 Å². The van der Waals surface area contributed by atoms with Gasteiger partial charge in [-0.1, -0.05) is 49.4 Å². The van der Waals surface area contributed by atoms with Crippen LogP contribution < -0.4 is 5.32 Å². The number of hydrogen-bond donors (Lipinski definition) is 2. The molecule has 5 rings (SSSR count). The zero-order chi connectivity index (χ0) is 24.2. The van der Waals surface area contributed by atoms with Crippen molar-refractivity contribution >= 4 is 38.9 Å². The standard InChI is InChI=1S/C27H31N5O2S/c1-2-31-12-14-32(15-13-31)27(34)21-10-8-20(9-11-21)24-16-22-25(28-18-29-26(22)35-24)30-23(17-33)19-6-4-3-5-7-19/h3-8,10,16,18,23,33H,2,9,11-15,17H2,1H3,(H,28,29,30). The molecule has 1 aromatic carbocycles. The maximum absolute atomic E-state index is 13.0. The summed E-state index contributed by atoms with van der Waals surface area (Å²) in [5, 5.41) is 14.3. The van der Waals surface area contributed by atoms with E-state index in [2.05, 4.69) is 39.3 Å². The summed E-state index contributed by atoms with van der Waals surface area (Å²) in [5.74, 6) is 0.898. The molecule has 1 amide bonds. The van der Waals surface area contributed by atoms with E-state index >= 15 is 0 Å². The smallest absolute Gasteiger partial charge is 0.249 e. The van der Waals surface area contributed by atoms with E-state index in [1.807, 2.05) is 41.3 Å². The quantitative estimate of drug-likeness (QED) is 0.520. The molecule has 8 heteroatoms. The second-order valence-electron chi connectivity index (χ2n) is 8.95. The number of aliphatic hydroxyl groups is 1. The molecule has 182 valence electrons. The van der Waals surface area contributed by atoms with Crippen molar-refractivity contribution in [3.63, 3.8) is 0 Å². The summed E-state index contributed by atoms with van der Waals surface area (Å²) < 4.78 is 0. The molecule has 0 saturated carbocycles. The second-order valence-corrected chi connectivity index (χ2v) is 9.98. The Morgan fingerprint density at radius 3 is 2.60 bits per heavy atom. The topological polar surface area (TPSA) is 81.6 Å². The van der Waals surface area contributed by atoms with E-state index in [9.17, 15) is 9.90 Å². The molecule has 2 N–H and O–H groups in total. The van der Waals surface area contributed by atoms with Gasteiger partial charge in [-0.05, 0) is 36.6 Å². The predicted molar refractivity (Wildman–Crippen MR) is 141 cm³/mol. The van der Waals surface area contributed by atoms with Crippen LogP contribution in [0.15, 0.2) is 60.5 Å². The monoisotopic (exact) mass is 489 g/mol. The van der Waals surface area contributed by atoms with Crippen LogP contribution in [-0.2, 0) is 4.79 Å². The van der Waals surface area contributed by atoms with Crippen molar-refractivity contribution in [2.45, 2.75) is 25.8 Å². The van der Waals surface area contributed by atoms with Gasteiger partial charge in [0.1, 0.15) is 17.0 Å². The molecule has 0 radical (unpaired) electrons. The van der Waals surface area contributed by atoms with Gasteiger partial charge in [-0.3, -0.25) is 4.79 Å². The maximum atomic E-state index is 13.0. The first-order valence-electron chi connectivity index (χ1n) is 12.2. The van der Waals surface area contributed by atoms with Crippen LogP contribution in [0.5, 0.6) is 0 Å². The van der Waals surface area contributed by atoms with Crippen LogP contribution in [0, 0.1) is 0 Å². The molecular formula is C27H31N5O2S. The molecule has 1 aliphatic heterocycles. The Bertz CT molecular complexity index is 1240. The number of benzene rings is 1. The number of piperazine rings is 1. The van der Waals surface area contributed by atoms with E-state index < -0.39 is 0 Å². The molecule has 1 saturated heterocycles. The lowest BCUT2D eigenvalue weighted by molar-refractivity contribution is -0.129. The van der Waals surface area contributed by atoms with Gasteiger partial charge < -0.3 is 20.2 Å². The minimum atomic E-state index is -0.248. The van der Waals surface area contributed by atoms with Crippen LogP contribution in [0.2, 0.25) is 0 Å². The number of fused-ring (bicyclic) bond motifs is 1. The first-order valence-corrected chi connectivity index (χ1v) is 13.1. The van der Waals surface area contributed by atoms with Crippen LogP contribution in [0.4, 0.5) is 5.82 Å². The van der Waals surface area contributed by atoms with Gasteiger partial charge in [-0.2, -0.15) is 0 Å². The Labute approximate surface area is 209 Å². The highest BCUT2D eigenvalue weighted by Crippen LogP contribution is 2.37. The van der Waals surface area contributed by atoms with Crippen molar-refractivity contribution in [3.05, 3.63) is 70.9 Å². The molecule has 0 spiro atoms. The number of hydrogen-bond acceptors (Lipinski definition) is 7. The Balaban J connectivity index is 1.33. The van der Waals surface area contributed by atoms with E-state index in [0.717, 1.165) is 77.6 Å². The van der Waals surface area contributed by atoms with E-state index in [0.29, 0.717) is 0 Å². The van der Waals surface area contributed by atoms with Crippen LogP contribution in [0.3, 0.4) is 0 Å². The van der Waals surface area contributed by atoms with Gasteiger partial charge >= 0.3 is 0 Å². The van der Waals surface area contributed by atoms with Crippen molar-refractivity contribution < 1.29 is 9.90 Å². The average Bonchev–Trinajstić information content (AvgIpc) is 3.37. The highest BCUT2D eigenvalue weighted by Gasteiger charge is 2.24. The molecule has 1 unspecified atom stereocenters. The summed E-state index contributed by atoms with van der Waals surface area (Å²) in [7, 11) is 0. The first kappa shape index (κ1) is 23.7. The molecular weight excluding hydrogens is 458 g/mol. The molecule has 1 atom stereocenters. The molecule has 3 aromatic rings. The third kappa shape index (κ3) is 5.15. The lowest BCUT2D eigenvalue weighted by Crippen LogP contribution is -2.48. The van der Waals surface area contributed by atoms with Crippen molar-refractivity contribution in [3.8, 4) is 0 Å². The normalized spacial score (nSPS) is 17.7. The van der Waals surface area contributed by atoms with Gasteiger partial charge in [0.05, 0.1) is 18.0 Å². The summed E-state index contributed by atoms with van der Waals surface area (Å²) in [6.45, 7) is 6.70. The molecule has 2 aromatic heterocycles. The lowest BCUT2D eigenvalue weighted by atomic mass is 9.96. The van der Waals surface area contributed by atoms with Crippen molar-refractivity contribution in [2.24, 2.45) is 0 Å². The van der Waals surface area contributed by atoms with E-state index in [1.165, 1.54) is 5.57 Å². The molecule has 1 fully saturated rings. The average molecular weight is 490 g/mol. The number of anilines is 1.